The van der Waals surface area contributed by atoms with Crippen molar-refractivity contribution in [1.29, 1.82) is 0 Å². The molecule has 3 nitrogen and oxygen atoms in total. The first kappa shape index (κ1) is 10.7. The number of aryl methyl sites for hydroxylation is 1. The van der Waals surface area contributed by atoms with Crippen molar-refractivity contribution in [3.63, 3.8) is 0 Å². The molecule has 1 aliphatic carbocycles. The monoisotopic (exact) mass is 254 g/mol. The van der Waals surface area contributed by atoms with Crippen LogP contribution in [0.15, 0.2) is 0 Å². The maximum Gasteiger partial charge on any atom is 0.138 e. The number of hydrogen-bond donors (Lipinski definition) is 1. The summed E-state index contributed by atoms with van der Waals surface area (Å²) in [5.41, 5.74) is 2.54. The molecule has 5 heteroatoms. The van der Waals surface area contributed by atoms with Crippen LogP contribution in [0.25, 0.3) is 0 Å². The van der Waals surface area contributed by atoms with E-state index < -0.39 is 0 Å². The van der Waals surface area contributed by atoms with Gasteiger partial charge in [-0.05, 0) is 19.3 Å². The first-order valence-corrected chi connectivity index (χ1v) is 7.22. The van der Waals surface area contributed by atoms with E-state index in [-0.39, 0.29) is 6.10 Å². The van der Waals surface area contributed by atoms with Gasteiger partial charge in [-0.1, -0.05) is 12.2 Å². The van der Waals surface area contributed by atoms with Crippen LogP contribution in [-0.2, 0) is 17.6 Å². The summed E-state index contributed by atoms with van der Waals surface area (Å²) in [6.45, 7) is 0.814. The Morgan fingerprint density at radius 3 is 3.19 bits per heavy atom. The molecule has 2 heterocycles. The Labute approximate surface area is 104 Å². The number of H-pyrrole nitrogens is 1. The zero-order valence-electron chi connectivity index (χ0n) is 8.99. The molecule has 3 rings (SSSR count). The van der Waals surface area contributed by atoms with Crippen molar-refractivity contribution >= 4 is 24.0 Å². The fourth-order valence-corrected chi connectivity index (χ4v) is 3.45. The van der Waals surface area contributed by atoms with Crippen LogP contribution in [0.5, 0.6) is 0 Å². The molecule has 0 amide bonds. The molecule has 0 spiro atoms. The molecule has 0 radical (unpaired) electrons. The third-order valence-electron chi connectivity index (χ3n) is 3.10. The summed E-state index contributed by atoms with van der Waals surface area (Å²) in [5.74, 6) is 3.00. The molecule has 1 aromatic heterocycles. The van der Waals surface area contributed by atoms with Crippen molar-refractivity contribution in [1.82, 2.24) is 9.97 Å². The van der Waals surface area contributed by atoms with E-state index in [1.807, 2.05) is 11.8 Å². The Bertz CT molecular complexity index is 452. The summed E-state index contributed by atoms with van der Waals surface area (Å²) in [4.78, 5) is 7.91. The highest BCUT2D eigenvalue weighted by molar-refractivity contribution is 7.99. The van der Waals surface area contributed by atoms with E-state index in [1.165, 1.54) is 17.7 Å². The molecule has 1 aromatic rings. The SMILES string of the molecule is S=c1nc(C2CSCCO2)[nH]c2c1CCC2. The van der Waals surface area contributed by atoms with Crippen molar-refractivity contribution in [3.8, 4) is 0 Å². The lowest BCUT2D eigenvalue weighted by Gasteiger charge is -2.22. The largest absolute Gasteiger partial charge is 0.369 e. The van der Waals surface area contributed by atoms with Crippen molar-refractivity contribution in [3.05, 3.63) is 21.7 Å². The fraction of sp³-hybridized carbons (Fsp3) is 0.636. The number of aromatic amines is 1. The van der Waals surface area contributed by atoms with Crippen molar-refractivity contribution in [2.75, 3.05) is 18.1 Å². The van der Waals surface area contributed by atoms with Gasteiger partial charge in [-0.15, -0.1) is 0 Å². The molecule has 1 atom stereocenters. The number of ether oxygens (including phenoxy) is 1. The number of aromatic nitrogens is 2. The average Bonchev–Trinajstić information content (AvgIpc) is 2.79. The summed E-state index contributed by atoms with van der Waals surface area (Å²) in [5, 5.41) is 0. The molecule has 1 unspecified atom stereocenters. The molecule has 1 aliphatic heterocycles. The van der Waals surface area contributed by atoms with E-state index in [2.05, 4.69) is 9.97 Å². The average molecular weight is 254 g/mol. The van der Waals surface area contributed by atoms with Crippen LogP contribution in [-0.4, -0.2) is 28.1 Å². The topological polar surface area (TPSA) is 37.9 Å². The second kappa shape index (κ2) is 4.47. The highest BCUT2D eigenvalue weighted by Gasteiger charge is 2.22. The van der Waals surface area contributed by atoms with Crippen LogP contribution in [0.4, 0.5) is 0 Å². The van der Waals surface area contributed by atoms with E-state index >= 15 is 0 Å². The second-order valence-corrected chi connectivity index (χ2v) is 5.71. The van der Waals surface area contributed by atoms with Gasteiger partial charge in [0.15, 0.2) is 0 Å². The molecule has 2 aliphatic rings. The van der Waals surface area contributed by atoms with Gasteiger partial charge in [0.05, 0.1) is 6.61 Å². The Balaban J connectivity index is 1.96. The zero-order valence-corrected chi connectivity index (χ0v) is 10.6. The highest BCUT2D eigenvalue weighted by Crippen LogP contribution is 2.27. The van der Waals surface area contributed by atoms with Crippen LogP contribution in [0, 0.1) is 4.64 Å². The number of rotatable bonds is 1. The first-order chi connectivity index (χ1) is 7.84. The van der Waals surface area contributed by atoms with Gasteiger partial charge in [-0.25, -0.2) is 4.98 Å². The number of nitrogens with one attached hydrogen (secondary N) is 1. The van der Waals surface area contributed by atoms with Gasteiger partial charge >= 0.3 is 0 Å². The van der Waals surface area contributed by atoms with Gasteiger partial charge < -0.3 is 9.72 Å². The third-order valence-corrected chi connectivity index (χ3v) is 4.43. The van der Waals surface area contributed by atoms with Gasteiger partial charge in [0.25, 0.3) is 0 Å². The molecule has 16 heavy (non-hydrogen) atoms. The van der Waals surface area contributed by atoms with E-state index in [9.17, 15) is 0 Å². The molecule has 1 N–H and O–H groups in total. The van der Waals surface area contributed by atoms with Crippen molar-refractivity contribution in [2.24, 2.45) is 0 Å². The Hall–Kier alpha value is -0.390. The minimum absolute atomic E-state index is 0.103. The molecule has 0 aromatic carbocycles. The van der Waals surface area contributed by atoms with E-state index in [1.54, 1.807) is 0 Å². The van der Waals surface area contributed by atoms with E-state index in [0.717, 1.165) is 41.4 Å². The predicted octanol–water partition coefficient (Wildman–Crippen LogP) is 2.43. The molecule has 86 valence electrons. The smallest absolute Gasteiger partial charge is 0.138 e. The van der Waals surface area contributed by atoms with Gasteiger partial charge in [-0.3, -0.25) is 0 Å². The minimum Gasteiger partial charge on any atom is -0.369 e. The molecule has 0 saturated carbocycles. The van der Waals surface area contributed by atoms with Gasteiger partial charge in [0.2, 0.25) is 0 Å². The molecule has 1 fully saturated rings. The Morgan fingerprint density at radius 1 is 1.44 bits per heavy atom. The third kappa shape index (κ3) is 1.92. The van der Waals surface area contributed by atoms with Crippen LogP contribution in [0.3, 0.4) is 0 Å². The summed E-state index contributed by atoms with van der Waals surface area (Å²) in [6.07, 6.45) is 3.49. The van der Waals surface area contributed by atoms with Crippen LogP contribution in [0.2, 0.25) is 0 Å². The minimum atomic E-state index is 0.103. The summed E-state index contributed by atoms with van der Waals surface area (Å²) in [7, 11) is 0. The highest BCUT2D eigenvalue weighted by atomic mass is 32.2. The lowest BCUT2D eigenvalue weighted by atomic mass is 10.2. The maximum atomic E-state index is 5.72. The van der Waals surface area contributed by atoms with E-state index in [4.69, 9.17) is 17.0 Å². The Kier molecular flexibility index (Phi) is 3.00. The molecule has 0 bridgehead atoms. The van der Waals surface area contributed by atoms with Crippen LogP contribution in [0.1, 0.15) is 29.6 Å². The fourth-order valence-electron chi connectivity index (χ4n) is 2.28. The van der Waals surface area contributed by atoms with E-state index in [0.29, 0.717) is 0 Å². The van der Waals surface area contributed by atoms with Gasteiger partial charge in [0.1, 0.15) is 16.6 Å². The maximum absolute atomic E-state index is 5.72. The van der Waals surface area contributed by atoms with Crippen molar-refractivity contribution < 1.29 is 4.74 Å². The number of nitrogens with zero attached hydrogens (tertiary/aromatic N) is 1. The molecular weight excluding hydrogens is 240 g/mol. The normalized spacial score (nSPS) is 24.4. The Morgan fingerprint density at radius 2 is 2.38 bits per heavy atom. The quantitative estimate of drug-likeness (QED) is 0.781. The summed E-state index contributed by atoms with van der Waals surface area (Å²) in [6, 6.07) is 0. The molecular formula is C11H14N2OS2. The summed E-state index contributed by atoms with van der Waals surface area (Å²) < 4.78 is 6.50. The van der Waals surface area contributed by atoms with Crippen LogP contribution >= 0.6 is 24.0 Å². The number of fused-ring (bicyclic) bond motifs is 1. The predicted molar refractivity (Wildman–Crippen MR) is 67.5 cm³/mol. The standard InChI is InChI=1S/C11H14N2OS2/c15-11-7-2-1-3-8(7)12-10(13-11)9-6-16-5-4-14-9/h9H,1-6H2,(H,12,13,15). The molecule has 1 saturated heterocycles. The first-order valence-electron chi connectivity index (χ1n) is 5.66. The zero-order chi connectivity index (χ0) is 11.0. The number of hydrogen-bond acceptors (Lipinski definition) is 4. The van der Waals surface area contributed by atoms with Crippen molar-refractivity contribution in [2.45, 2.75) is 25.4 Å². The second-order valence-electron chi connectivity index (χ2n) is 4.17. The van der Waals surface area contributed by atoms with Gasteiger partial charge in [0, 0.05) is 22.8 Å². The lowest BCUT2D eigenvalue weighted by molar-refractivity contribution is 0.0692. The summed E-state index contributed by atoms with van der Waals surface area (Å²) >= 11 is 7.26. The van der Waals surface area contributed by atoms with Gasteiger partial charge in [-0.2, -0.15) is 11.8 Å². The lowest BCUT2D eigenvalue weighted by Crippen LogP contribution is -2.19. The van der Waals surface area contributed by atoms with Crippen LogP contribution < -0.4 is 0 Å². The number of thioether (sulfide) groups is 1.